The number of benzene rings is 1. The van der Waals surface area contributed by atoms with Crippen LogP contribution in [0.15, 0.2) is 24.3 Å². The van der Waals surface area contributed by atoms with Gasteiger partial charge in [0.2, 0.25) is 0 Å². The summed E-state index contributed by atoms with van der Waals surface area (Å²) in [5, 5.41) is 19.5. The number of aliphatic hydroxyl groups is 1. The summed E-state index contributed by atoms with van der Waals surface area (Å²) in [6.45, 7) is 4.69. The number of fused-ring (bicyclic) bond motifs is 3. The monoisotopic (exact) mass is 373 g/mol. The van der Waals surface area contributed by atoms with Crippen LogP contribution in [0.4, 0.5) is 0 Å². The molecular formula is C23H35NO3. The van der Waals surface area contributed by atoms with Crippen LogP contribution in [0.1, 0.15) is 57.9 Å². The first-order chi connectivity index (χ1) is 12.8. The van der Waals surface area contributed by atoms with E-state index in [9.17, 15) is 10.2 Å². The predicted octanol–water partition coefficient (Wildman–Crippen LogP) is 3.63. The third-order valence-corrected chi connectivity index (χ3v) is 7.70. The molecule has 27 heavy (non-hydrogen) atoms. The fourth-order valence-electron chi connectivity index (χ4n) is 6.54. The van der Waals surface area contributed by atoms with Gasteiger partial charge in [0, 0.05) is 18.6 Å². The molecule has 0 spiro atoms. The van der Waals surface area contributed by atoms with E-state index >= 15 is 0 Å². The van der Waals surface area contributed by atoms with E-state index in [0.29, 0.717) is 29.4 Å². The average Bonchev–Trinajstić information content (AvgIpc) is 2.62. The van der Waals surface area contributed by atoms with Crippen molar-refractivity contribution < 1.29 is 14.9 Å². The normalized spacial score (nSPS) is 40.8. The lowest BCUT2D eigenvalue weighted by Crippen LogP contribution is -2.66. The first-order valence-electron chi connectivity index (χ1n) is 10.7. The number of ether oxygens (including phenoxy) is 1. The van der Waals surface area contributed by atoms with Crippen LogP contribution in [0.3, 0.4) is 0 Å². The largest absolute Gasteiger partial charge is 0.508 e. The molecule has 6 unspecified atom stereocenters. The fourth-order valence-corrected chi connectivity index (χ4v) is 6.54. The zero-order valence-corrected chi connectivity index (χ0v) is 16.7. The second-order valence-electron chi connectivity index (χ2n) is 9.97. The Morgan fingerprint density at radius 1 is 1.11 bits per heavy atom. The highest BCUT2D eigenvalue weighted by molar-refractivity contribution is 5.26. The van der Waals surface area contributed by atoms with Crippen LogP contribution in [-0.2, 0) is 11.2 Å². The minimum atomic E-state index is -0.144. The molecular weight excluding hydrogens is 338 g/mol. The molecule has 4 N–H and O–H groups in total. The van der Waals surface area contributed by atoms with Gasteiger partial charge in [-0.1, -0.05) is 12.1 Å². The highest BCUT2D eigenvalue weighted by Gasteiger charge is 2.58. The van der Waals surface area contributed by atoms with Crippen molar-refractivity contribution in [3.63, 3.8) is 0 Å². The fraction of sp³-hybridized carbons (Fsp3) is 0.739. The van der Waals surface area contributed by atoms with Gasteiger partial charge in [0.25, 0.3) is 0 Å². The van der Waals surface area contributed by atoms with Gasteiger partial charge in [0.1, 0.15) is 5.75 Å². The van der Waals surface area contributed by atoms with Crippen molar-refractivity contribution in [3.8, 4) is 5.75 Å². The summed E-state index contributed by atoms with van der Waals surface area (Å²) in [6.07, 6.45) is 7.51. The van der Waals surface area contributed by atoms with E-state index in [4.69, 9.17) is 10.5 Å². The maximum atomic E-state index is 9.95. The second-order valence-corrected chi connectivity index (χ2v) is 9.97. The van der Waals surface area contributed by atoms with Gasteiger partial charge >= 0.3 is 0 Å². The van der Waals surface area contributed by atoms with Crippen molar-refractivity contribution in [2.75, 3.05) is 6.61 Å². The van der Waals surface area contributed by atoms with Gasteiger partial charge in [-0.05, 0) is 94.2 Å². The molecule has 2 aliphatic heterocycles. The molecule has 4 nitrogen and oxygen atoms in total. The Morgan fingerprint density at radius 3 is 2.44 bits per heavy atom. The Hall–Kier alpha value is -1.10. The zero-order valence-electron chi connectivity index (χ0n) is 16.7. The molecule has 2 heterocycles. The maximum Gasteiger partial charge on any atom is 0.115 e. The summed E-state index contributed by atoms with van der Waals surface area (Å²) in [6, 6.07) is 7.81. The zero-order chi connectivity index (χ0) is 19.2. The molecule has 1 aromatic rings. The molecule has 0 amide bonds. The van der Waals surface area contributed by atoms with E-state index in [1.54, 1.807) is 12.1 Å². The van der Waals surface area contributed by atoms with Crippen molar-refractivity contribution in [1.82, 2.24) is 0 Å². The van der Waals surface area contributed by atoms with Gasteiger partial charge in [-0.3, -0.25) is 0 Å². The number of hydrogen-bond acceptors (Lipinski definition) is 4. The summed E-state index contributed by atoms with van der Waals surface area (Å²) < 4.78 is 6.78. The number of rotatable bonds is 4. The Balaban J connectivity index is 1.54. The molecule has 4 heteroatoms. The van der Waals surface area contributed by atoms with Crippen LogP contribution in [0.2, 0.25) is 0 Å². The SMILES string of the molecule is CC1(C)OC2(C3CC(CO)CC(Cc4ccc(O)cc4)C3)CCC1C(N)C2. The van der Waals surface area contributed by atoms with Crippen molar-refractivity contribution in [2.45, 2.75) is 76.0 Å². The second kappa shape index (κ2) is 7.06. The lowest BCUT2D eigenvalue weighted by Gasteiger charge is -2.61. The topological polar surface area (TPSA) is 75.7 Å². The van der Waals surface area contributed by atoms with Crippen LogP contribution >= 0.6 is 0 Å². The third kappa shape index (κ3) is 3.64. The summed E-state index contributed by atoms with van der Waals surface area (Å²) in [5.74, 6) is 2.14. The number of aromatic hydroxyl groups is 1. The molecule has 2 aliphatic carbocycles. The third-order valence-electron chi connectivity index (χ3n) is 7.70. The van der Waals surface area contributed by atoms with E-state index in [0.717, 1.165) is 44.9 Å². The molecule has 2 saturated heterocycles. The van der Waals surface area contributed by atoms with Crippen LogP contribution in [0, 0.1) is 23.7 Å². The Labute approximate surface area is 163 Å². The number of nitrogens with two attached hydrogens (primary N) is 1. The standard InChI is InChI=1S/C23H35NO3/c1-22(2)20-7-8-23(27-22,13-21(20)24)18-11-16(10-17(12-18)14-25)9-15-3-5-19(26)6-4-15/h3-6,16-18,20-21,25-26H,7-14,24H2,1-2H3. The smallest absolute Gasteiger partial charge is 0.115 e. The van der Waals surface area contributed by atoms with Crippen LogP contribution < -0.4 is 5.73 Å². The molecule has 4 aliphatic rings. The van der Waals surface area contributed by atoms with Gasteiger partial charge in [-0.15, -0.1) is 0 Å². The van der Waals surface area contributed by atoms with Crippen LogP contribution in [0.5, 0.6) is 5.75 Å². The van der Waals surface area contributed by atoms with Crippen molar-refractivity contribution in [1.29, 1.82) is 0 Å². The first-order valence-corrected chi connectivity index (χ1v) is 10.7. The number of phenols is 1. The molecule has 2 bridgehead atoms. The molecule has 1 aromatic carbocycles. The molecule has 6 atom stereocenters. The highest BCUT2D eigenvalue weighted by Crippen LogP contribution is 2.56. The van der Waals surface area contributed by atoms with E-state index < -0.39 is 0 Å². The van der Waals surface area contributed by atoms with E-state index in [2.05, 4.69) is 13.8 Å². The molecule has 2 saturated carbocycles. The number of hydrogen-bond donors (Lipinski definition) is 3. The first kappa shape index (κ1) is 19.2. The lowest BCUT2D eigenvalue weighted by molar-refractivity contribution is -0.270. The van der Waals surface area contributed by atoms with Gasteiger partial charge in [0.15, 0.2) is 0 Å². The van der Waals surface area contributed by atoms with Crippen molar-refractivity contribution >= 4 is 0 Å². The average molecular weight is 374 g/mol. The summed E-state index contributed by atoms with van der Waals surface area (Å²) in [7, 11) is 0. The summed E-state index contributed by atoms with van der Waals surface area (Å²) in [4.78, 5) is 0. The molecule has 5 rings (SSSR count). The van der Waals surface area contributed by atoms with Gasteiger partial charge in [0.05, 0.1) is 11.2 Å². The number of phenolic OH excluding ortho intramolecular Hbond substituents is 1. The van der Waals surface area contributed by atoms with Crippen molar-refractivity contribution in [3.05, 3.63) is 29.8 Å². The Kier molecular flexibility index (Phi) is 5.02. The number of aliphatic hydroxyl groups excluding tert-OH is 1. The summed E-state index contributed by atoms with van der Waals surface area (Å²) in [5.41, 5.74) is 7.58. The maximum absolute atomic E-state index is 9.95. The molecule has 150 valence electrons. The molecule has 0 radical (unpaired) electrons. The van der Waals surface area contributed by atoms with Gasteiger partial charge in [-0.25, -0.2) is 0 Å². The highest BCUT2D eigenvalue weighted by atomic mass is 16.5. The van der Waals surface area contributed by atoms with E-state index in [1.807, 2.05) is 12.1 Å². The van der Waals surface area contributed by atoms with E-state index in [-0.39, 0.29) is 23.9 Å². The van der Waals surface area contributed by atoms with Crippen molar-refractivity contribution in [2.24, 2.45) is 29.4 Å². The predicted molar refractivity (Wildman–Crippen MR) is 106 cm³/mol. The minimum Gasteiger partial charge on any atom is -0.508 e. The lowest BCUT2D eigenvalue weighted by atomic mass is 9.57. The van der Waals surface area contributed by atoms with Crippen LogP contribution in [0.25, 0.3) is 0 Å². The molecule has 0 aromatic heterocycles. The Bertz CT molecular complexity index is 658. The minimum absolute atomic E-state index is 0.112. The quantitative estimate of drug-likeness (QED) is 0.753. The van der Waals surface area contributed by atoms with Gasteiger partial charge < -0.3 is 20.7 Å². The van der Waals surface area contributed by atoms with Gasteiger partial charge in [-0.2, -0.15) is 0 Å². The summed E-state index contributed by atoms with van der Waals surface area (Å²) >= 11 is 0. The Morgan fingerprint density at radius 2 is 1.81 bits per heavy atom. The molecule has 4 fully saturated rings. The van der Waals surface area contributed by atoms with E-state index in [1.165, 1.54) is 5.56 Å². The van der Waals surface area contributed by atoms with Crippen LogP contribution in [-0.4, -0.2) is 34.1 Å².